The summed E-state index contributed by atoms with van der Waals surface area (Å²) in [6.07, 6.45) is 2.45. The highest BCUT2D eigenvalue weighted by Gasteiger charge is 2.17. The molecule has 0 unspecified atom stereocenters. The number of carbonyl (C=O) groups is 1. The minimum atomic E-state index is 0.0331. The van der Waals surface area contributed by atoms with E-state index < -0.39 is 0 Å². The number of aryl methyl sites for hydroxylation is 2. The highest BCUT2D eigenvalue weighted by Crippen LogP contribution is 2.21. The molecule has 1 aromatic rings. The number of morpholine rings is 1. The highest BCUT2D eigenvalue weighted by molar-refractivity contribution is 5.91. The van der Waals surface area contributed by atoms with Crippen molar-refractivity contribution >= 4 is 17.5 Å². The Morgan fingerprint density at radius 3 is 2.43 bits per heavy atom. The van der Waals surface area contributed by atoms with E-state index in [1.54, 1.807) is 0 Å². The van der Waals surface area contributed by atoms with Crippen LogP contribution >= 0.6 is 0 Å². The predicted molar refractivity (Wildman–Crippen MR) is 82.7 cm³/mol. The van der Waals surface area contributed by atoms with Crippen LogP contribution in [0.15, 0.2) is 0 Å². The molecular formula is C15H24N4O2. The molecule has 6 heteroatoms. The average molecular weight is 292 g/mol. The van der Waals surface area contributed by atoms with Gasteiger partial charge >= 0.3 is 0 Å². The van der Waals surface area contributed by atoms with Crippen molar-refractivity contribution in [2.45, 2.75) is 40.0 Å². The second-order valence-corrected chi connectivity index (χ2v) is 5.32. The lowest BCUT2D eigenvalue weighted by Crippen LogP contribution is -2.37. The lowest BCUT2D eigenvalue weighted by atomic mass is 10.2. The van der Waals surface area contributed by atoms with Crippen LogP contribution in [0.3, 0.4) is 0 Å². The topological polar surface area (TPSA) is 67.4 Å². The van der Waals surface area contributed by atoms with Gasteiger partial charge in [-0.3, -0.25) is 4.79 Å². The van der Waals surface area contributed by atoms with Crippen LogP contribution in [-0.4, -0.2) is 42.2 Å². The Labute approximate surface area is 125 Å². The molecular weight excluding hydrogens is 268 g/mol. The summed E-state index contributed by atoms with van der Waals surface area (Å²) >= 11 is 0. The fourth-order valence-corrected chi connectivity index (χ4v) is 2.32. The van der Waals surface area contributed by atoms with Crippen LogP contribution in [0.2, 0.25) is 0 Å². The maximum Gasteiger partial charge on any atom is 0.226 e. The maximum atomic E-state index is 11.9. The molecule has 1 N–H and O–H groups in total. The molecule has 0 radical (unpaired) electrons. The molecule has 2 heterocycles. The summed E-state index contributed by atoms with van der Waals surface area (Å²) in [4.78, 5) is 23.1. The molecule has 21 heavy (non-hydrogen) atoms. The fraction of sp³-hybridized carbons (Fsp3) is 0.667. The van der Waals surface area contributed by atoms with Gasteiger partial charge in [-0.1, -0.05) is 13.3 Å². The second-order valence-electron chi connectivity index (χ2n) is 5.32. The van der Waals surface area contributed by atoms with E-state index in [0.29, 0.717) is 19.6 Å². The van der Waals surface area contributed by atoms with E-state index in [2.05, 4.69) is 27.1 Å². The molecule has 1 aliphatic rings. The van der Waals surface area contributed by atoms with Crippen LogP contribution in [-0.2, 0) is 9.53 Å². The lowest BCUT2D eigenvalue weighted by Gasteiger charge is -2.27. The Hall–Kier alpha value is -1.69. The molecule has 6 nitrogen and oxygen atoms in total. The molecule has 1 aromatic heterocycles. The van der Waals surface area contributed by atoms with Gasteiger partial charge in [0.1, 0.15) is 0 Å². The standard InChI is InChI=1S/C15H24N4O2/c1-4-5-6-13(20)18-14-11(2)16-15(17-12(14)3)19-7-9-21-10-8-19/h4-10H2,1-3H3,(H,18,20). The van der Waals surface area contributed by atoms with Crippen molar-refractivity contribution in [3.05, 3.63) is 11.4 Å². The average Bonchev–Trinajstić information content (AvgIpc) is 2.49. The van der Waals surface area contributed by atoms with Gasteiger partial charge in [-0.05, 0) is 20.3 Å². The van der Waals surface area contributed by atoms with Gasteiger partial charge in [0.05, 0.1) is 30.3 Å². The zero-order chi connectivity index (χ0) is 15.2. The van der Waals surface area contributed by atoms with Gasteiger partial charge < -0.3 is 15.0 Å². The van der Waals surface area contributed by atoms with Crippen LogP contribution in [0, 0.1) is 13.8 Å². The first-order valence-electron chi connectivity index (χ1n) is 7.59. The number of carbonyl (C=O) groups excluding carboxylic acids is 1. The van der Waals surface area contributed by atoms with Crippen molar-refractivity contribution in [1.82, 2.24) is 9.97 Å². The number of amides is 1. The molecule has 1 aliphatic heterocycles. The quantitative estimate of drug-likeness (QED) is 0.899. The monoisotopic (exact) mass is 292 g/mol. The van der Waals surface area contributed by atoms with Crippen LogP contribution in [0.25, 0.3) is 0 Å². The van der Waals surface area contributed by atoms with Crippen molar-refractivity contribution in [2.24, 2.45) is 0 Å². The number of anilines is 2. The van der Waals surface area contributed by atoms with Crippen LogP contribution < -0.4 is 10.2 Å². The first kappa shape index (κ1) is 15.7. The van der Waals surface area contributed by atoms with Crippen molar-refractivity contribution in [3.8, 4) is 0 Å². The first-order chi connectivity index (χ1) is 10.1. The molecule has 0 aromatic carbocycles. The summed E-state index contributed by atoms with van der Waals surface area (Å²) in [5.41, 5.74) is 2.37. The fourth-order valence-electron chi connectivity index (χ4n) is 2.32. The maximum absolute atomic E-state index is 11.9. The summed E-state index contributed by atoms with van der Waals surface area (Å²) < 4.78 is 5.34. The number of hydrogen-bond donors (Lipinski definition) is 1. The Kier molecular flexibility index (Phi) is 5.50. The van der Waals surface area contributed by atoms with Gasteiger partial charge in [-0.25, -0.2) is 9.97 Å². The van der Waals surface area contributed by atoms with Crippen molar-refractivity contribution < 1.29 is 9.53 Å². The third-order valence-corrected chi connectivity index (χ3v) is 3.57. The van der Waals surface area contributed by atoms with E-state index in [9.17, 15) is 4.79 Å². The second kappa shape index (κ2) is 7.36. The molecule has 1 fully saturated rings. The normalized spacial score (nSPS) is 15.1. The van der Waals surface area contributed by atoms with Crippen LogP contribution in [0.5, 0.6) is 0 Å². The lowest BCUT2D eigenvalue weighted by molar-refractivity contribution is -0.116. The smallest absolute Gasteiger partial charge is 0.226 e. The van der Waals surface area contributed by atoms with Crippen LogP contribution in [0.4, 0.5) is 11.6 Å². The SMILES string of the molecule is CCCCC(=O)Nc1c(C)nc(N2CCOCC2)nc1C. The third kappa shape index (κ3) is 4.14. The predicted octanol–water partition coefficient (Wildman–Crippen LogP) is 2.06. The third-order valence-electron chi connectivity index (χ3n) is 3.57. The molecule has 0 aliphatic carbocycles. The Morgan fingerprint density at radius 2 is 1.86 bits per heavy atom. The molecule has 2 rings (SSSR count). The van der Waals surface area contributed by atoms with Crippen molar-refractivity contribution in [3.63, 3.8) is 0 Å². The molecule has 0 atom stereocenters. The molecule has 0 bridgehead atoms. The van der Waals surface area contributed by atoms with Crippen LogP contribution in [0.1, 0.15) is 37.6 Å². The number of aromatic nitrogens is 2. The number of nitrogens with zero attached hydrogens (tertiary/aromatic N) is 3. The number of rotatable bonds is 5. The molecule has 0 spiro atoms. The summed E-state index contributed by atoms with van der Waals surface area (Å²) in [7, 11) is 0. The molecule has 1 amide bonds. The van der Waals surface area contributed by atoms with E-state index >= 15 is 0 Å². The Morgan fingerprint density at radius 1 is 1.24 bits per heavy atom. The number of ether oxygens (including phenoxy) is 1. The molecule has 116 valence electrons. The zero-order valence-electron chi connectivity index (χ0n) is 13.1. The van der Waals surface area contributed by atoms with Gasteiger partial charge in [0.25, 0.3) is 0 Å². The van der Waals surface area contributed by atoms with Gasteiger partial charge in [0.15, 0.2) is 0 Å². The van der Waals surface area contributed by atoms with E-state index in [4.69, 9.17) is 4.74 Å². The Bertz CT molecular complexity index is 475. The molecule has 0 saturated carbocycles. The van der Waals surface area contributed by atoms with Crippen molar-refractivity contribution in [1.29, 1.82) is 0 Å². The Balaban J connectivity index is 2.11. The summed E-state index contributed by atoms with van der Waals surface area (Å²) in [6, 6.07) is 0. The number of hydrogen-bond acceptors (Lipinski definition) is 5. The van der Waals surface area contributed by atoms with E-state index in [1.165, 1.54) is 0 Å². The van der Waals surface area contributed by atoms with E-state index in [-0.39, 0.29) is 5.91 Å². The zero-order valence-corrected chi connectivity index (χ0v) is 13.1. The number of unbranched alkanes of at least 4 members (excludes halogenated alkanes) is 1. The largest absolute Gasteiger partial charge is 0.378 e. The van der Waals surface area contributed by atoms with Gasteiger partial charge in [-0.2, -0.15) is 0 Å². The van der Waals surface area contributed by atoms with Gasteiger partial charge in [0, 0.05) is 19.5 Å². The molecule has 1 saturated heterocycles. The summed E-state index contributed by atoms with van der Waals surface area (Å²) in [6.45, 7) is 8.92. The van der Waals surface area contributed by atoms with E-state index in [1.807, 2.05) is 13.8 Å². The van der Waals surface area contributed by atoms with E-state index in [0.717, 1.165) is 49.0 Å². The summed E-state index contributed by atoms with van der Waals surface area (Å²) in [5, 5.41) is 2.94. The minimum absolute atomic E-state index is 0.0331. The minimum Gasteiger partial charge on any atom is -0.378 e. The summed E-state index contributed by atoms with van der Waals surface area (Å²) in [5.74, 6) is 0.755. The van der Waals surface area contributed by atoms with Gasteiger partial charge in [0.2, 0.25) is 11.9 Å². The van der Waals surface area contributed by atoms with Crippen molar-refractivity contribution in [2.75, 3.05) is 36.5 Å². The number of nitrogens with one attached hydrogen (secondary N) is 1. The first-order valence-corrected chi connectivity index (χ1v) is 7.59. The highest BCUT2D eigenvalue weighted by atomic mass is 16.5. The van der Waals surface area contributed by atoms with Gasteiger partial charge in [-0.15, -0.1) is 0 Å².